The van der Waals surface area contributed by atoms with Crippen molar-refractivity contribution in [2.75, 3.05) is 0 Å². The first-order valence-electron chi connectivity index (χ1n) is 7.84. The maximum Gasteiger partial charge on any atom is 0.272 e. The molecule has 0 aliphatic heterocycles. The van der Waals surface area contributed by atoms with Crippen LogP contribution in [0.2, 0.25) is 0 Å². The van der Waals surface area contributed by atoms with Gasteiger partial charge in [-0.15, -0.1) is 0 Å². The van der Waals surface area contributed by atoms with E-state index in [9.17, 15) is 10.1 Å². The highest BCUT2D eigenvalue weighted by Gasteiger charge is 2.57. The Bertz CT molecular complexity index is 613. The number of rotatable bonds is 2. The van der Waals surface area contributed by atoms with Crippen molar-refractivity contribution in [1.82, 2.24) is 0 Å². The number of nitro groups is 1. The molecule has 4 atom stereocenters. The second-order valence-electron chi connectivity index (χ2n) is 7.65. The summed E-state index contributed by atoms with van der Waals surface area (Å²) in [4.78, 5) is 11.0. The molecule has 0 amide bonds. The van der Waals surface area contributed by atoms with Crippen LogP contribution in [0.4, 0.5) is 5.69 Å². The molecule has 0 aromatic heterocycles. The Morgan fingerprint density at radius 3 is 2.48 bits per heavy atom. The normalized spacial score (nSPS) is 40.5. The van der Waals surface area contributed by atoms with E-state index in [1.54, 1.807) is 0 Å². The Kier molecular flexibility index (Phi) is 2.82. The first kappa shape index (κ1) is 13.7. The maximum atomic E-state index is 11.3. The van der Waals surface area contributed by atoms with E-state index in [0.29, 0.717) is 0 Å². The molecule has 1 aromatic rings. The fourth-order valence-electron chi connectivity index (χ4n) is 5.62. The highest BCUT2D eigenvalue weighted by molar-refractivity contribution is 9.10. The summed E-state index contributed by atoms with van der Waals surface area (Å²) in [7, 11) is 0. The smallest absolute Gasteiger partial charge is 0.258 e. The molecule has 4 aliphatic rings. The van der Waals surface area contributed by atoms with E-state index in [4.69, 9.17) is 0 Å². The summed E-state index contributed by atoms with van der Waals surface area (Å²) in [5.74, 6) is 1.59. The fraction of sp³-hybridized carbons (Fsp3) is 0.647. The summed E-state index contributed by atoms with van der Waals surface area (Å²) in [5, 5.41) is 11.3. The van der Waals surface area contributed by atoms with Gasteiger partial charge in [0.1, 0.15) is 0 Å². The number of nitro benzene ring substituents is 1. The van der Waals surface area contributed by atoms with Gasteiger partial charge in [0.25, 0.3) is 5.69 Å². The van der Waals surface area contributed by atoms with Crippen molar-refractivity contribution in [2.45, 2.75) is 55.2 Å². The van der Waals surface area contributed by atoms with E-state index in [1.807, 2.05) is 19.1 Å². The van der Waals surface area contributed by atoms with Gasteiger partial charge in [0.05, 0.1) is 4.92 Å². The average molecular weight is 350 g/mol. The minimum atomic E-state index is -0.233. The molecule has 5 rings (SSSR count). The van der Waals surface area contributed by atoms with Crippen LogP contribution in [0.25, 0.3) is 0 Å². The molecular weight excluding hydrogens is 330 g/mol. The molecule has 21 heavy (non-hydrogen) atoms. The molecule has 0 saturated heterocycles. The van der Waals surface area contributed by atoms with E-state index < -0.39 is 0 Å². The molecule has 0 radical (unpaired) electrons. The molecule has 4 fully saturated rings. The first-order valence-corrected chi connectivity index (χ1v) is 8.63. The Balaban J connectivity index is 1.79. The van der Waals surface area contributed by atoms with E-state index in [0.717, 1.165) is 23.8 Å². The second kappa shape index (κ2) is 4.31. The molecule has 1 aromatic carbocycles. The number of hydrogen-bond acceptors (Lipinski definition) is 2. The number of halogens is 1. The summed E-state index contributed by atoms with van der Waals surface area (Å²) in [5.41, 5.74) is 2.43. The van der Waals surface area contributed by atoms with E-state index in [-0.39, 0.29) is 20.3 Å². The fourth-order valence-corrected chi connectivity index (χ4v) is 7.08. The van der Waals surface area contributed by atoms with E-state index >= 15 is 0 Å². The van der Waals surface area contributed by atoms with Crippen molar-refractivity contribution in [3.63, 3.8) is 0 Å². The molecule has 3 nitrogen and oxygen atoms in total. The van der Waals surface area contributed by atoms with E-state index in [2.05, 4.69) is 22.0 Å². The lowest BCUT2D eigenvalue weighted by molar-refractivity contribution is -0.385. The van der Waals surface area contributed by atoms with Crippen molar-refractivity contribution in [2.24, 2.45) is 11.8 Å². The summed E-state index contributed by atoms with van der Waals surface area (Å²) in [6.45, 7) is 1.83. The zero-order valence-corrected chi connectivity index (χ0v) is 13.9. The maximum absolute atomic E-state index is 11.3. The van der Waals surface area contributed by atoms with Gasteiger partial charge < -0.3 is 0 Å². The van der Waals surface area contributed by atoms with Gasteiger partial charge in [-0.25, -0.2) is 0 Å². The lowest BCUT2D eigenvalue weighted by atomic mass is 9.48. The standard InChI is InChI=1S/C17H20BrNO2/c1-11-2-3-14(5-15(11)19(20)21)16-6-12-4-13(7-16)9-17(18,8-12)10-16/h2-3,5,12-13H,4,6-10H2,1H3/t12-,13+,16?,17?. The third kappa shape index (κ3) is 2.06. The van der Waals surface area contributed by atoms with Crippen molar-refractivity contribution in [3.05, 3.63) is 39.4 Å². The van der Waals surface area contributed by atoms with Gasteiger partial charge in [-0.2, -0.15) is 0 Å². The molecule has 0 heterocycles. The van der Waals surface area contributed by atoms with Crippen LogP contribution >= 0.6 is 15.9 Å². The molecule has 4 saturated carbocycles. The molecule has 0 N–H and O–H groups in total. The SMILES string of the molecule is Cc1ccc(C23C[C@@H]4C[C@@H](CC(Br)(C4)C2)C3)cc1[N+](=O)[O-]. The molecule has 0 spiro atoms. The molecule has 4 aliphatic carbocycles. The van der Waals surface area contributed by atoms with E-state index in [1.165, 1.54) is 37.7 Å². The van der Waals surface area contributed by atoms with Crippen LogP contribution in [0.15, 0.2) is 18.2 Å². The summed E-state index contributed by atoms with van der Waals surface area (Å²) in [6.07, 6.45) is 7.53. The largest absolute Gasteiger partial charge is 0.272 e. The van der Waals surface area contributed by atoms with Crippen LogP contribution in [0.3, 0.4) is 0 Å². The van der Waals surface area contributed by atoms with Gasteiger partial charge in [-0.3, -0.25) is 10.1 Å². The third-order valence-corrected chi connectivity index (χ3v) is 6.94. The predicted molar refractivity (Wildman–Crippen MR) is 85.9 cm³/mol. The highest BCUT2D eigenvalue weighted by atomic mass is 79.9. The van der Waals surface area contributed by atoms with Gasteiger partial charge >= 0.3 is 0 Å². The van der Waals surface area contributed by atoms with Crippen LogP contribution in [0, 0.1) is 28.9 Å². The predicted octanol–water partition coefficient (Wildman–Crippen LogP) is 4.89. The van der Waals surface area contributed by atoms with Gasteiger partial charge in [0, 0.05) is 16.0 Å². The Hall–Kier alpha value is -0.900. The Morgan fingerprint density at radius 1 is 1.24 bits per heavy atom. The van der Waals surface area contributed by atoms with Crippen molar-refractivity contribution < 1.29 is 4.92 Å². The zero-order valence-electron chi connectivity index (χ0n) is 12.3. The van der Waals surface area contributed by atoms with Gasteiger partial charge in [-0.05, 0) is 68.3 Å². The van der Waals surface area contributed by atoms with Crippen LogP contribution in [-0.4, -0.2) is 9.25 Å². The molecule has 2 unspecified atom stereocenters. The topological polar surface area (TPSA) is 43.1 Å². The number of nitrogens with zero attached hydrogens (tertiary/aromatic N) is 1. The van der Waals surface area contributed by atoms with Gasteiger partial charge in [0.15, 0.2) is 0 Å². The quantitative estimate of drug-likeness (QED) is 0.433. The molecular formula is C17H20BrNO2. The van der Waals surface area contributed by atoms with Crippen LogP contribution < -0.4 is 0 Å². The van der Waals surface area contributed by atoms with Crippen LogP contribution in [-0.2, 0) is 5.41 Å². The second-order valence-corrected chi connectivity index (χ2v) is 9.33. The minimum absolute atomic E-state index is 0.173. The highest BCUT2D eigenvalue weighted by Crippen LogP contribution is 2.65. The monoisotopic (exact) mass is 349 g/mol. The number of alkyl halides is 1. The molecule has 4 bridgehead atoms. The first-order chi connectivity index (χ1) is 9.89. The summed E-state index contributed by atoms with van der Waals surface area (Å²) < 4.78 is 0.288. The summed E-state index contributed by atoms with van der Waals surface area (Å²) in [6, 6.07) is 5.94. The third-order valence-electron chi connectivity index (χ3n) is 6.01. The number of benzene rings is 1. The average Bonchev–Trinajstić information content (AvgIpc) is 2.35. The van der Waals surface area contributed by atoms with Gasteiger partial charge in [-0.1, -0.05) is 28.1 Å². The van der Waals surface area contributed by atoms with Crippen LogP contribution in [0.1, 0.15) is 49.7 Å². The zero-order chi connectivity index (χ0) is 14.8. The van der Waals surface area contributed by atoms with Gasteiger partial charge in [0.2, 0.25) is 0 Å². The minimum Gasteiger partial charge on any atom is -0.258 e. The summed E-state index contributed by atoms with van der Waals surface area (Å²) >= 11 is 4.02. The molecule has 112 valence electrons. The Morgan fingerprint density at radius 2 is 1.90 bits per heavy atom. The van der Waals surface area contributed by atoms with Crippen LogP contribution in [0.5, 0.6) is 0 Å². The van der Waals surface area contributed by atoms with Crippen molar-refractivity contribution in [1.29, 1.82) is 0 Å². The lowest BCUT2D eigenvalue weighted by Gasteiger charge is -2.60. The molecule has 4 heteroatoms. The van der Waals surface area contributed by atoms with Crippen molar-refractivity contribution in [3.8, 4) is 0 Å². The number of hydrogen-bond donors (Lipinski definition) is 0. The number of aryl methyl sites for hydroxylation is 1. The van der Waals surface area contributed by atoms with Crippen molar-refractivity contribution >= 4 is 21.6 Å². The lowest BCUT2D eigenvalue weighted by Crippen LogP contribution is -2.54. The Labute approximate surface area is 133 Å².